The number of nitrogens with one attached hydrogen (secondary N) is 1. The van der Waals surface area contributed by atoms with Crippen LogP contribution in [0, 0.1) is 0 Å². The van der Waals surface area contributed by atoms with Crippen molar-refractivity contribution in [3.05, 3.63) is 53.5 Å². The van der Waals surface area contributed by atoms with Crippen molar-refractivity contribution in [2.45, 2.75) is 33.1 Å². The number of carbonyl (C=O) groups excluding carboxylic acids is 1. The van der Waals surface area contributed by atoms with Crippen LogP contribution in [0.1, 0.15) is 35.7 Å². The maximum Gasteiger partial charge on any atom is 0.338 e. The van der Waals surface area contributed by atoms with Crippen LogP contribution in [0.15, 0.2) is 40.8 Å². The average molecular weight is 289 g/mol. The van der Waals surface area contributed by atoms with Gasteiger partial charge in [-0.2, -0.15) is 0 Å². The van der Waals surface area contributed by atoms with Crippen LogP contribution < -0.4 is 5.32 Å². The van der Waals surface area contributed by atoms with Crippen LogP contribution in [0.5, 0.6) is 0 Å². The van der Waals surface area contributed by atoms with Crippen LogP contribution in [0.3, 0.4) is 0 Å². The molecule has 2 aromatic rings. The normalized spacial score (nSPS) is 10.7. The number of hydrogen-bond donors (Lipinski definition) is 2. The van der Waals surface area contributed by atoms with E-state index >= 15 is 0 Å². The Balaban J connectivity index is 1.91. The molecular formula is C16H19NO4. The molecule has 112 valence electrons. The molecule has 0 aliphatic carbocycles. The van der Waals surface area contributed by atoms with Gasteiger partial charge < -0.3 is 19.6 Å². The van der Waals surface area contributed by atoms with Crippen LogP contribution in [0.25, 0.3) is 0 Å². The number of anilines is 1. The minimum atomic E-state index is -0.324. The van der Waals surface area contributed by atoms with E-state index in [1.807, 2.05) is 32.0 Å². The monoisotopic (exact) mass is 289 g/mol. The van der Waals surface area contributed by atoms with Crippen LogP contribution in [0.4, 0.5) is 5.69 Å². The van der Waals surface area contributed by atoms with Gasteiger partial charge in [-0.15, -0.1) is 0 Å². The predicted octanol–water partition coefficient (Wildman–Crippen LogP) is 2.95. The molecule has 0 unspecified atom stereocenters. The Morgan fingerprint density at radius 2 is 1.86 bits per heavy atom. The van der Waals surface area contributed by atoms with Gasteiger partial charge in [-0.1, -0.05) is 0 Å². The number of aliphatic hydroxyl groups is 1. The quantitative estimate of drug-likeness (QED) is 0.800. The number of furan rings is 1. The van der Waals surface area contributed by atoms with E-state index in [0.717, 1.165) is 11.4 Å². The summed E-state index contributed by atoms with van der Waals surface area (Å²) in [6.07, 6.45) is -0.130. The second-order valence-corrected chi connectivity index (χ2v) is 4.91. The maximum absolute atomic E-state index is 11.7. The molecule has 0 aliphatic heterocycles. The van der Waals surface area contributed by atoms with E-state index in [1.165, 1.54) is 0 Å². The van der Waals surface area contributed by atoms with E-state index in [9.17, 15) is 4.79 Å². The molecule has 2 rings (SSSR count). The van der Waals surface area contributed by atoms with Crippen molar-refractivity contribution in [2.75, 3.05) is 5.32 Å². The topological polar surface area (TPSA) is 71.7 Å². The van der Waals surface area contributed by atoms with Crippen molar-refractivity contribution >= 4 is 11.7 Å². The number of esters is 1. The molecule has 0 spiro atoms. The largest absolute Gasteiger partial charge is 0.462 e. The third-order valence-corrected chi connectivity index (χ3v) is 2.80. The highest BCUT2D eigenvalue weighted by Crippen LogP contribution is 2.14. The van der Waals surface area contributed by atoms with E-state index in [1.54, 1.807) is 18.2 Å². The number of benzene rings is 1. The summed E-state index contributed by atoms with van der Waals surface area (Å²) in [5.41, 5.74) is 1.40. The first kappa shape index (κ1) is 15.1. The molecule has 0 saturated heterocycles. The molecule has 0 saturated carbocycles. The van der Waals surface area contributed by atoms with Crippen molar-refractivity contribution in [2.24, 2.45) is 0 Å². The Morgan fingerprint density at radius 3 is 2.43 bits per heavy atom. The first-order valence-corrected chi connectivity index (χ1v) is 6.82. The lowest BCUT2D eigenvalue weighted by molar-refractivity contribution is 0.0378. The molecule has 21 heavy (non-hydrogen) atoms. The summed E-state index contributed by atoms with van der Waals surface area (Å²) in [6.45, 7) is 4.04. The number of aliphatic hydroxyl groups excluding tert-OH is 1. The number of ether oxygens (including phenoxy) is 1. The molecule has 2 N–H and O–H groups in total. The third kappa shape index (κ3) is 4.36. The highest BCUT2D eigenvalue weighted by atomic mass is 16.5. The highest BCUT2D eigenvalue weighted by Gasteiger charge is 2.08. The summed E-state index contributed by atoms with van der Waals surface area (Å²) in [7, 11) is 0. The second kappa shape index (κ2) is 6.95. The zero-order valence-corrected chi connectivity index (χ0v) is 12.1. The SMILES string of the molecule is CC(C)OC(=O)c1ccc(NCc2ccc(CO)o2)cc1. The Kier molecular flexibility index (Phi) is 5.00. The lowest BCUT2D eigenvalue weighted by atomic mass is 10.2. The van der Waals surface area contributed by atoms with E-state index < -0.39 is 0 Å². The van der Waals surface area contributed by atoms with Crippen molar-refractivity contribution in [1.82, 2.24) is 0 Å². The van der Waals surface area contributed by atoms with E-state index in [-0.39, 0.29) is 18.7 Å². The maximum atomic E-state index is 11.7. The molecule has 1 aromatic carbocycles. The molecule has 0 fully saturated rings. The Hall–Kier alpha value is -2.27. The van der Waals surface area contributed by atoms with E-state index in [0.29, 0.717) is 17.9 Å². The highest BCUT2D eigenvalue weighted by molar-refractivity contribution is 5.89. The standard InChI is InChI=1S/C16H19NO4/c1-11(2)20-16(19)12-3-5-13(6-4-12)17-9-14-7-8-15(10-18)21-14/h3-8,11,17-18H,9-10H2,1-2H3. The summed E-state index contributed by atoms with van der Waals surface area (Å²) < 4.78 is 10.5. The van der Waals surface area contributed by atoms with Gasteiger partial charge in [0.1, 0.15) is 18.1 Å². The van der Waals surface area contributed by atoms with Gasteiger partial charge in [0.25, 0.3) is 0 Å². The van der Waals surface area contributed by atoms with Gasteiger partial charge in [0, 0.05) is 5.69 Å². The van der Waals surface area contributed by atoms with Gasteiger partial charge in [-0.25, -0.2) is 4.79 Å². The van der Waals surface area contributed by atoms with E-state index in [2.05, 4.69) is 5.32 Å². The van der Waals surface area contributed by atoms with Crippen LogP contribution >= 0.6 is 0 Å². The summed E-state index contributed by atoms with van der Waals surface area (Å²) >= 11 is 0. The fourth-order valence-corrected chi connectivity index (χ4v) is 1.80. The molecule has 0 amide bonds. The first-order valence-electron chi connectivity index (χ1n) is 6.82. The molecule has 1 aromatic heterocycles. The number of rotatable bonds is 6. The van der Waals surface area contributed by atoms with Gasteiger partial charge in [0.05, 0.1) is 18.2 Å². The van der Waals surface area contributed by atoms with Gasteiger partial charge in [0.2, 0.25) is 0 Å². The van der Waals surface area contributed by atoms with Crippen LogP contribution in [0.2, 0.25) is 0 Å². The van der Waals surface area contributed by atoms with Gasteiger partial charge in [-0.3, -0.25) is 0 Å². The second-order valence-electron chi connectivity index (χ2n) is 4.91. The minimum Gasteiger partial charge on any atom is -0.462 e. The van der Waals surface area contributed by atoms with Crippen molar-refractivity contribution in [1.29, 1.82) is 0 Å². The summed E-state index contributed by atoms with van der Waals surface area (Å²) in [4.78, 5) is 11.7. The fraction of sp³-hybridized carbons (Fsp3) is 0.312. The summed E-state index contributed by atoms with van der Waals surface area (Å²) in [5, 5.41) is 12.1. The predicted molar refractivity (Wildman–Crippen MR) is 79.0 cm³/mol. The third-order valence-electron chi connectivity index (χ3n) is 2.80. The van der Waals surface area contributed by atoms with Crippen LogP contribution in [-0.4, -0.2) is 17.2 Å². The molecule has 0 atom stereocenters. The molecule has 5 heteroatoms. The average Bonchev–Trinajstić information content (AvgIpc) is 2.93. The number of hydrogen-bond acceptors (Lipinski definition) is 5. The molecule has 5 nitrogen and oxygen atoms in total. The molecule has 0 bridgehead atoms. The lowest BCUT2D eigenvalue weighted by Gasteiger charge is -2.09. The van der Waals surface area contributed by atoms with E-state index in [4.69, 9.17) is 14.3 Å². The molecule has 0 aliphatic rings. The fourth-order valence-electron chi connectivity index (χ4n) is 1.80. The first-order chi connectivity index (χ1) is 10.1. The molecular weight excluding hydrogens is 270 g/mol. The van der Waals surface area contributed by atoms with Crippen molar-refractivity contribution in [3.63, 3.8) is 0 Å². The smallest absolute Gasteiger partial charge is 0.338 e. The van der Waals surface area contributed by atoms with Gasteiger partial charge >= 0.3 is 5.97 Å². The van der Waals surface area contributed by atoms with Gasteiger partial charge in [-0.05, 0) is 50.2 Å². The lowest BCUT2D eigenvalue weighted by Crippen LogP contribution is -2.11. The molecule has 1 heterocycles. The Morgan fingerprint density at radius 1 is 1.19 bits per heavy atom. The number of carbonyl (C=O) groups is 1. The Bertz CT molecular complexity index is 587. The van der Waals surface area contributed by atoms with Crippen LogP contribution in [-0.2, 0) is 17.9 Å². The van der Waals surface area contributed by atoms with Gasteiger partial charge in [0.15, 0.2) is 0 Å². The van der Waals surface area contributed by atoms with Crippen molar-refractivity contribution < 1.29 is 19.1 Å². The Labute approximate surface area is 123 Å². The summed E-state index contributed by atoms with van der Waals surface area (Å²) in [6, 6.07) is 10.6. The summed E-state index contributed by atoms with van der Waals surface area (Å²) in [5.74, 6) is 0.955. The van der Waals surface area contributed by atoms with Crippen molar-refractivity contribution in [3.8, 4) is 0 Å². The molecule has 0 radical (unpaired) electrons. The minimum absolute atomic E-state index is 0.105. The zero-order chi connectivity index (χ0) is 15.2. The zero-order valence-electron chi connectivity index (χ0n) is 12.1.